The van der Waals surface area contributed by atoms with Crippen LogP contribution in [0, 0.1) is 41.5 Å². The van der Waals surface area contributed by atoms with Gasteiger partial charge in [0.05, 0.1) is 11.4 Å². The number of nitrogens with one attached hydrogen (secondary N) is 1. The summed E-state index contributed by atoms with van der Waals surface area (Å²) < 4.78 is 3.44. The molecule has 0 saturated carbocycles. The summed E-state index contributed by atoms with van der Waals surface area (Å²) in [4.78, 5) is 32.7. The molecule has 0 atom stereocenters. The summed E-state index contributed by atoms with van der Waals surface area (Å²) in [6.07, 6.45) is 0. The van der Waals surface area contributed by atoms with Gasteiger partial charge in [-0.05, 0) is 67.8 Å². The van der Waals surface area contributed by atoms with Crippen LogP contribution in [-0.2, 0) is 0 Å². The monoisotopic (exact) mass is 482 g/mol. The fourth-order valence-corrected chi connectivity index (χ4v) is 3.20. The molecule has 0 bridgehead atoms. The summed E-state index contributed by atoms with van der Waals surface area (Å²) in [5.41, 5.74) is 7.32. The van der Waals surface area contributed by atoms with E-state index in [1.807, 2.05) is 55.6 Å². The molecule has 0 unspecified atom stereocenters. The van der Waals surface area contributed by atoms with Crippen LogP contribution in [0.5, 0.6) is 0 Å². The van der Waals surface area contributed by atoms with E-state index in [4.69, 9.17) is 5.11 Å². The Morgan fingerprint density at radius 1 is 0.800 bits per heavy atom. The van der Waals surface area contributed by atoms with Crippen LogP contribution in [0.25, 0.3) is 11.3 Å². The highest BCUT2D eigenvalue weighted by Gasteiger charge is 2.15. The number of hydrogen-bond donors (Lipinski definition) is 2. The van der Waals surface area contributed by atoms with Crippen molar-refractivity contribution in [2.75, 3.05) is 28.2 Å². The van der Waals surface area contributed by atoms with Crippen LogP contribution in [-0.4, -0.2) is 79.3 Å². The quantitative estimate of drug-likeness (QED) is 0.446. The maximum atomic E-state index is 11.9. The van der Waals surface area contributed by atoms with Gasteiger partial charge in [0.25, 0.3) is 5.91 Å². The number of carbonyl (C=O) groups excluding carboxylic acids is 1. The molecule has 0 radical (unpaired) electrons. The lowest BCUT2D eigenvalue weighted by Crippen LogP contribution is -2.23. The topological polar surface area (TPSA) is 130 Å². The minimum Gasteiger partial charge on any atom is -0.477 e. The molecular formula is C24H34N8O3. The van der Waals surface area contributed by atoms with Crippen LogP contribution in [0.1, 0.15) is 54.9 Å². The van der Waals surface area contributed by atoms with Crippen LogP contribution >= 0.6 is 0 Å². The Labute approximate surface area is 204 Å². The van der Waals surface area contributed by atoms with E-state index in [1.54, 1.807) is 29.2 Å². The molecule has 0 aliphatic heterocycles. The normalized spacial score (nSPS) is 10.5. The molecule has 0 saturated heterocycles. The highest BCUT2D eigenvalue weighted by atomic mass is 16.4. The number of carboxylic acids is 1. The van der Waals surface area contributed by atoms with Crippen molar-refractivity contribution < 1.29 is 14.7 Å². The molecule has 4 heterocycles. The predicted molar refractivity (Wildman–Crippen MR) is 134 cm³/mol. The zero-order valence-electron chi connectivity index (χ0n) is 22.0. The van der Waals surface area contributed by atoms with E-state index in [2.05, 4.69) is 25.5 Å². The molecule has 4 aromatic heterocycles. The number of aromatic nitrogens is 6. The van der Waals surface area contributed by atoms with Crippen molar-refractivity contribution in [2.24, 2.45) is 0 Å². The van der Waals surface area contributed by atoms with E-state index in [1.165, 1.54) is 11.0 Å². The van der Waals surface area contributed by atoms with Crippen LogP contribution in [0.3, 0.4) is 0 Å². The van der Waals surface area contributed by atoms with Gasteiger partial charge < -0.3 is 15.3 Å². The Bertz CT molecular complexity index is 1390. The van der Waals surface area contributed by atoms with E-state index >= 15 is 0 Å². The third-order valence-electron chi connectivity index (χ3n) is 5.31. The Morgan fingerprint density at radius 3 is 1.54 bits per heavy atom. The van der Waals surface area contributed by atoms with Gasteiger partial charge in [-0.3, -0.25) is 4.79 Å². The van der Waals surface area contributed by atoms with Crippen LogP contribution < -0.4 is 5.32 Å². The first-order valence-electron chi connectivity index (χ1n) is 11.0. The average Bonchev–Trinajstić information content (AvgIpc) is 3.25. The third-order valence-corrected chi connectivity index (χ3v) is 5.31. The molecule has 35 heavy (non-hydrogen) atoms. The summed E-state index contributed by atoms with van der Waals surface area (Å²) in [6, 6.07) is 3.28. The number of carbonyl (C=O) groups is 2. The van der Waals surface area contributed by atoms with Gasteiger partial charge >= 0.3 is 5.97 Å². The fourth-order valence-electron chi connectivity index (χ4n) is 3.20. The molecule has 2 N–H and O–H groups in total. The van der Waals surface area contributed by atoms with Crippen molar-refractivity contribution in [1.29, 1.82) is 0 Å². The highest BCUT2D eigenvalue weighted by molar-refractivity contribution is 5.92. The fraction of sp³-hybridized carbons (Fsp3) is 0.417. The maximum absolute atomic E-state index is 11.9. The van der Waals surface area contributed by atoms with Crippen molar-refractivity contribution in [2.45, 2.75) is 41.5 Å². The van der Waals surface area contributed by atoms with Crippen LogP contribution in [0.2, 0.25) is 0 Å². The summed E-state index contributed by atoms with van der Waals surface area (Å²) in [5, 5.41) is 20.3. The Hall–Kier alpha value is -3.86. The lowest BCUT2D eigenvalue weighted by atomic mass is 10.2. The summed E-state index contributed by atoms with van der Waals surface area (Å²) >= 11 is 0. The number of rotatable bonds is 2. The Balaban J connectivity index is 0.000000223. The van der Waals surface area contributed by atoms with Gasteiger partial charge in [-0.25, -0.2) is 23.8 Å². The largest absolute Gasteiger partial charge is 0.477 e. The van der Waals surface area contributed by atoms with E-state index < -0.39 is 5.97 Å². The molecule has 0 aromatic carbocycles. The first-order chi connectivity index (χ1) is 16.3. The van der Waals surface area contributed by atoms with Gasteiger partial charge in [-0.1, -0.05) is 0 Å². The Kier molecular flexibility index (Phi) is 8.64. The maximum Gasteiger partial charge on any atom is 0.354 e. The average molecular weight is 483 g/mol. The number of hydrogen-bond acceptors (Lipinski definition) is 7. The summed E-state index contributed by atoms with van der Waals surface area (Å²) in [7, 11) is 7.19. The molecule has 1 amide bonds. The molecule has 0 aliphatic rings. The lowest BCUT2D eigenvalue weighted by molar-refractivity contribution is 0.0690. The van der Waals surface area contributed by atoms with E-state index in [0.29, 0.717) is 11.3 Å². The predicted octanol–water partition coefficient (Wildman–Crippen LogP) is 2.54. The minimum atomic E-state index is -1.01. The molecule has 4 rings (SSSR count). The molecular weight excluding hydrogens is 448 g/mol. The number of carboxylic acid groups (broad SMARTS) is 1. The van der Waals surface area contributed by atoms with Crippen molar-refractivity contribution in [1.82, 2.24) is 39.4 Å². The van der Waals surface area contributed by atoms with Crippen molar-refractivity contribution in [3.63, 3.8) is 0 Å². The van der Waals surface area contributed by atoms with Crippen LogP contribution in [0.4, 0.5) is 0 Å². The number of amides is 1. The van der Waals surface area contributed by atoms with Gasteiger partial charge in [0, 0.05) is 36.6 Å². The lowest BCUT2D eigenvalue weighted by Gasteiger charge is -2.10. The van der Waals surface area contributed by atoms with Gasteiger partial charge in [0.1, 0.15) is 5.69 Å². The molecule has 11 nitrogen and oxygen atoms in total. The van der Waals surface area contributed by atoms with E-state index in [9.17, 15) is 9.59 Å². The van der Waals surface area contributed by atoms with E-state index in [-0.39, 0.29) is 11.6 Å². The standard InChI is InChI=1S/C12H16N4O.C10H11N3O2.C2H7N/c1-7-6-10(12(17)15(4)5)13-11-8(2)9(3)14-16(7)11;1-5-4-8(10(14)15)11-9-6(2)7(3)12-13(5)9;1-3-2/h6H,1-5H3;4H,1-3H3,(H,14,15);3H,1-2H3. The number of fused-ring (bicyclic) bond motifs is 2. The molecule has 188 valence electrons. The molecule has 4 aromatic rings. The highest BCUT2D eigenvalue weighted by Crippen LogP contribution is 2.16. The van der Waals surface area contributed by atoms with Crippen molar-refractivity contribution in [3.05, 3.63) is 57.4 Å². The van der Waals surface area contributed by atoms with Crippen molar-refractivity contribution >= 4 is 23.2 Å². The second-order valence-corrected chi connectivity index (χ2v) is 8.46. The van der Waals surface area contributed by atoms with Crippen molar-refractivity contribution in [3.8, 4) is 0 Å². The van der Waals surface area contributed by atoms with Crippen LogP contribution in [0.15, 0.2) is 12.1 Å². The molecule has 0 spiro atoms. The summed E-state index contributed by atoms with van der Waals surface area (Å²) in [6.45, 7) is 11.4. The first-order valence-corrected chi connectivity index (χ1v) is 11.0. The first kappa shape index (κ1) is 27.4. The molecule has 11 heteroatoms. The second kappa shape index (κ2) is 11.0. The van der Waals surface area contributed by atoms with Gasteiger partial charge in [0.15, 0.2) is 17.0 Å². The number of aryl methyl sites for hydroxylation is 6. The second-order valence-electron chi connectivity index (χ2n) is 8.46. The van der Waals surface area contributed by atoms with Gasteiger partial charge in [-0.2, -0.15) is 10.2 Å². The smallest absolute Gasteiger partial charge is 0.354 e. The Morgan fingerprint density at radius 2 is 1.17 bits per heavy atom. The van der Waals surface area contributed by atoms with Gasteiger partial charge in [-0.15, -0.1) is 0 Å². The van der Waals surface area contributed by atoms with Gasteiger partial charge in [0.2, 0.25) is 0 Å². The molecule has 0 aliphatic carbocycles. The summed E-state index contributed by atoms with van der Waals surface area (Å²) in [5.74, 6) is -1.10. The zero-order valence-corrected chi connectivity index (χ0v) is 22.0. The van der Waals surface area contributed by atoms with E-state index in [0.717, 1.165) is 39.5 Å². The number of nitrogens with zero attached hydrogens (tertiary/aromatic N) is 7. The third kappa shape index (κ3) is 5.80. The minimum absolute atomic E-state index is 0.0583. The molecule has 0 fully saturated rings. The SMILES string of the molecule is CNC.Cc1nn2c(C)cc(C(=O)N(C)C)nc2c1C.Cc1nn2c(C)cc(C(=O)O)nc2c1C. The zero-order chi connectivity index (χ0) is 26.6. The number of aromatic carboxylic acids is 1.